The second-order valence-electron chi connectivity index (χ2n) is 6.32. The molecule has 3 aromatic carbocycles. The van der Waals surface area contributed by atoms with Crippen LogP contribution in [0.1, 0.15) is 15.9 Å². The number of hydrogen-bond donors (Lipinski definition) is 1. The molecule has 0 spiro atoms. The summed E-state index contributed by atoms with van der Waals surface area (Å²) in [5, 5.41) is 12.8. The zero-order valence-corrected chi connectivity index (χ0v) is 14.9. The summed E-state index contributed by atoms with van der Waals surface area (Å²) in [6.07, 6.45) is 0. The van der Waals surface area contributed by atoms with E-state index in [0.29, 0.717) is 11.5 Å². The van der Waals surface area contributed by atoms with Crippen molar-refractivity contribution >= 4 is 5.97 Å². The molecule has 1 N–H and O–H groups in total. The number of aromatic nitrogens is 2. The largest absolute Gasteiger partial charge is 0.478 e. The minimum absolute atomic E-state index is 0.190. The van der Waals surface area contributed by atoms with Crippen molar-refractivity contribution in [1.29, 1.82) is 0 Å². The minimum Gasteiger partial charge on any atom is -0.478 e. The van der Waals surface area contributed by atoms with E-state index in [2.05, 4.69) is 10.1 Å². The van der Waals surface area contributed by atoms with Gasteiger partial charge < -0.3 is 9.63 Å². The van der Waals surface area contributed by atoms with E-state index in [0.717, 1.165) is 28.3 Å². The Labute approximate surface area is 160 Å². The van der Waals surface area contributed by atoms with Gasteiger partial charge in [-0.15, -0.1) is 0 Å². The highest BCUT2D eigenvalue weighted by molar-refractivity contribution is 5.88. The number of carboxylic acid groups (broad SMARTS) is 1. The van der Waals surface area contributed by atoms with Crippen LogP contribution in [-0.4, -0.2) is 21.2 Å². The van der Waals surface area contributed by atoms with Crippen LogP contribution < -0.4 is 0 Å². The van der Waals surface area contributed by atoms with E-state index in [1.165, 1.54) is 12.1 Å². The van der Waals surface area contributed by atoms with Crippen molar-refractivity contribution in [3.05, 3.63) is 83.7 Å². The summed E-state index contributed by atoms with van der Waals surface area (Å²) in [4.78, 5) is 15.2. The van der Waals surface area contributed by atoms with Crippen molar-refractivity contribution in [1.82, 2.24) is 10.1 Å². The third-order valence-corrected chi connectivity index (χ3v) is 4.44. The molecule has 4 aromatic rings. The van der Waals surface area contributed by atoms with Gasteiger partial charge in [0, 0.05) is 11.1 Å². The van der Waals surface area contributed by atoms with E-state index in [1.807, 2.05) is 55.5 Å². The number of rotatable bonds is 4. The summed E-state index contributed by atoms with van der Waals surface area (Å²) in [6.45, 7) is 2.00. The maximum Gasteiger partial charge on any atom is 0.338 e. The molecule has 0 unspecified atom stereocenters. The molecule has 0 aliphatic carbocycles. The molecule has 28 heavy (non-hydrogen) atoms. The number of halogens is 1. The first-order valence-corrected chi connectivity index (χ1v) is 8.56. The maximum absolute atomic E-state index is 13.9. The molecule has 0 amide bonds. The molecule has 4 rings (SSSR count). The number of aromatic carboxylic acids is 1. The van der Waals surface area contributed by atoms with Crippen LogP contribution in [0.3, 0.4) is 0 Å². The number of benzene rings is 3. The molecule has 0 radical (unpaired) electrons. The first-order valence-electron chi connectivity index (χ1n) is 8.56. The Morgan fingerprint density at radius 2 is 1.71 bits per heavy atom. The smallest absolute Gasteiger partial charge is 0.338 e. The predicted octanol–water partition coefficient (Wildman–Crippen LogP) is 5.22. The topological polar surface area (TPSA) is 76.2 Å². The van der Waals surface area contributed by atoms with E-state index in [9.17, 15) is 9.18 Å². The van der Waals surface area contributed by atoms with Crippen molar-refractivity contribution < 1.29 is 18.8 Å². The third-order valence-electron chi connectivity index (χ3n) is 4.44. The number of aryl methyl sites for hydroxylation is 1. The average molecular weight is 374 g/mol. The first-order chi connectivity index (χ1) is 13.5. The Bertz CT molecular complexity index is 1170. The van der Waals surface area contributed by atoms with Crippen LogP contribution in [0.4, 0.5) is 4.39 Å². The zero-order valence-electron chi connectivity index (χ0n) is 14.9. The van der Waals surface area contributed by atoms with E-state index in [-0.39, 0.29) is 5.82 Å². The molecule has 138 valence electrons. The average Bonchev–Trinajstić information content (AvgIpc) is 3.18. The lowest BCUT2D eigenvalue weighted by atomic mass is 9.98. The summed E-state index contributed by atoms with van der Waals surface area (Å²) in [6, 6.07) is 19.6. The van der Waals surface area contributed by atoms with Crippen LogP contribution in [0.15, 0.2) is 71.3 Å². The fraction of sp³-hybridized carbons (Fsp3) is 0.0455. The monoisotopic (exact) mass is 374 g/mol. The van der Waals surface area contributed by atoms with Crippen LogP contribution in [0.2, 0.25) is 0 Å². The van der Waals surface area contributed by atoms with Gasteiger partial charge in [-0.1, -0.05) is 41.6 Å². The number of carboxylic acids is 1. The molecule has 0 aliphatic rings. The lowest BCUT2D eigenvalue weighted by molar-refractivity contribution is 0.0692. The second-order valence-corrected chi connectivity index (χ2v) is 6.32. The molecule has 6 heteroatoms. The van der Waals surface area contributed by atoms with Crippen molar-refractivity contribution in [3.63, 3.8) is 0 Å². The van der Waals surface area contributed by atoms with Gasteiger partial charge in [0.25, 0.3) is 5.89 Å². The molecule has 0 aliphatic heterocycles. The van der Waals surface area contributed by atoms with Crippen molar-refractivity contribution in [3.8, 4) is 34.0 Å². The minimum atomic E-state index is -1.33. The van der Waals surface area contributed by atoms with Gasteiger partial charge in [0.05, 0.1) is 5.56 Å². The summed E-state index contributed by atoms with van der Waals surface area (Å²) in [7, 11) is 0. The summed E-state index contributed by atoms with van der Waals surface area (Å²) < 4.78 is 19.2. The molecule has 1 aromatic heterocycles. The van der Waals surface area contributed by atoms with Gasteiger partial charge in [-0.05, 0) is 53.9 Å². The van der Waals surface area contributed by atoms with E-state index in [4.69, 9.17) is 9.63 Å². The SMILES string of the molecule is Cc1cc(-c2nc(-c3ccc(C(=O)O)c(F)c3)no2)ccc1-c1ccccc1. The van der Waals surface area contributed by atoms with Gasteiger partial charge in [0.15, 0.2) is 0 Å². The molecular weight excluding hydrogens is 359 g/mol. The van der Waals surface area contributed by atoms with Gasteiger partial charge in [-0.25, -0.2) is 9.18 Å². The lowest BCUT2D eigenvalue weighted by Crippen LogP contribution is -2.00. The molecule has 0 atom stereocenters. The van der Waals surface area contributed by atoms with E-state index in [1.54, 1.807) is 0 Å². The standard InChI is InChI=1S/C22H15FN2O3/c1-13-11-16(8-9-17(13)14-5-3-2-4-6-14)21-24-20(25-28-21)15-7-10-18(22(26)27)19(23)12-15/h2-12H,1H3,(H,26,27). The fourth-order valence-electron chi connectivity index (χ4n) is 3.02. The number of carbonyl (C=O) groups is 1. The van der Waals surface area contributed by atoms with Crippen LogP contribution >= 0.6 is 0 Å². The van der Waals surface area contributed by atoms with Gasteiger partial charge in [-0.2, -0.15) is 4.98 Å². The first kappa shape index (κ1) is 17.6. The summed E-state index contributed by atoms with van der Waals surface area (Å²) in [5.74, 6) is -1.68. The van der Waals surface area contributed by atoms with E-state index >= 15 is 0 Å². The number of nitrogens with zero attached hydrogens (tertiary/aromatic N) is 2. The Morgan fingerprint density at radius 3 is 2.39 bits per heavy atom. The Balaban J connectivity index is 1.65. The Hall–Kier alpha value is -3.80. The zero-order chi connectivity index (χ0) is 19.7. The molecular formula is C22H15FN2O3. The van der Waals surface area contributed by atoms with Crippen LogP contribution in [0, 0.1) is 12.7 Å². The highest BCUT2D eigenvalue weighted by Gasteiger charge is 2.16. The summed E-state index contributed by atoms with van der Waals surface area (Å²) >= 11 is 0. The van der Waals surface area contributed by atoms with Crippen LogP contribution in [0.25, 0.3) is 34.0 Å². The van der Waals surface area contributed by atoms with Crippen molar-refractivity contribution in [2.45, 2.75) is 6.92 Å². The lowest BCUT2D eigenvalue weighted by Gasteiger charge is -2.07. The normalized spacial score (nSPS) is 10.8. The Morgan fingerprint density at radius 1 is 0.964 bits per heavy atom. The highest BCUT2D eigenvalue weighted by atomic mass is 19.1. The van der Waals surface area contributed by atoms with Crippen molar-refractivity contribution in [2.24, 2.45) is 0 Å². The van der Waals surface area contributed by atoms with Gasteiger partial charge in [-0.3, -0.25) is 0 Å². The molecule has 0 bridgehead atoms. The molecule has 5 nitrogen and oxygen atoms in total. The molecule has 0 saturated carbocycles. The van der Waals surface area contributed by atoms with Gasteiger partial charge in [0.1, 0.15) is 5.82 Å². The van der Waals surface area contributed by atoms with Crippen LogP contribution in [-0.2, 0) is 0 Å². The highest BCUT2D eigenvalue weighted by Crippen LogP contribution is 2.29. The second kappa shape index (κ2) is 7.08. The quantitative estimate of drug-likeness (QED) is 0.530. The molecule has 1 heterocycles. The van der Waals surface area contributed by atoms with Gasteiger partial charge >= 0.3 is 5.97 Å². The molecule has 0 saturated heterocycles. The predicted molar refractivity (Wildman–Crippen MR) is 102 cm³/mol. The van der Waals surface area contributed by atoms with Crippen molar-refractivity contribution in [2.75, 3.05) is 0 Å². The molecule has 0 fully saturated rings. The fourth-order valence-corrected chi connectivity index (χ4v) is 3.02. The van der Waals surface area contributed by atoms with Gasteiger partial charge in [0.2, 0.25) is 5.82 Å². The number of hydrogen-bond acceptors (Lipinski definition) is 4. The van der Waals surface area contributed by atoms with E-state index < -0.39 is 17.3 Å². The maximum atomic E-state index is 13.9. The summed E-state index contributed by atoms with van der Waals surface area (Å²) in [5.41, 5.74) is 3.97. The Kier molecular flexibility index (Phi) is 4.45. The third kappa shape index (κ3) is 3.27. The van der Waals surface area contributed by atoms with Crippen LogP contribution in [0.5, 0.6) is 0 Å².